The number of amides is 2. The highest BCUT2D eigenvalue weighted by molar-refractivity contribution is 8.15. The summed E-state index contributed by atoms with van der Waals surface area (Å²) in [7, 11) is 1.60. The van der Waals surface area contributed by atoms with E-state index in [1.165, 1.54) is 21.7 Å². The molecule has 1 aliphatic heterocycles. The van der Waals surface area contributed by atoms with Crippen LogP contribution in [0.4, 0.5) is 19.4 Å². The van der Waals surface area contributed by atoms with E-state index in [4.69, 9.17) is 5.73 Å². The molecule has 2 amide bonds. The van der Waals surface area contributed by atoms with E-state index in [9.17, 15) is 13.6 Å². The Kier molecular flexibility index (Phi) is 6.71. The van der Waals surface area contributed by atoms with Gasteiger partial charge in [0, 0.05) is 18.8 Å². The van der Waals surface area contributed by atoms with Gasteiger partial charge in [-0.15, -0.1) is 0 Å². The molecule has 0 radical (unpaired) electrons. The summed E-state index contributed by atoms with van der Waals surface area (Å²) in [5, 5.41) is 6.10. The number of nitrogens with two attached hydrogens (primary N) is 1. The highest BCUT2D eigenvalue weighted by atomic mass is 32.2. The fourth-order valence-electron chi connectivity index (χ4n) is 3.68. The van der Waals surface area contributed by atoms with Gasteiger partial charge < -0.3 is 5.73 Å². The van der Waals surface area contributed by atoms with Gasteiger partial charge in [0.15, 0.2) is 0 Å². The molecule has 2 N–H and O–H groups in total. The lowest BCUT2D eigenvalue weighted by Gasteiger charge is -2.37. The molecule has 170 valence electrons. The van der Waals surface area contributed by atoms with E-state index in [1.54, 1.807) is 31.4 Å². The molecule has 0 bridgehead atoms. The third-order valence-electron chi connectivity index (χ3n) is 5.36. The standard InChI is InChI=1S/C24H23F2N5OS/c1-30(21-10-5-6-15-28-21)23(32)31-24(13-7-14-27,17-8-3-2-4-9-17)33-22(29-31)19-16-18(25)11-12-20(19)26/h2-6,8-12,15-16H,7,13-14,27H2,1H3. The molecule has 0 spiro atoms. The molecule has 2 heterocycles. The molecule has 0 saturated carbocycles. The summed E-state index contributed by atoms with van der Waals surface area (Å²) in [5.41, 5.74) is 6.64. The number of urea groups is 1. The number of carbonyl (C=O) groups excluding carboxylic acids is 1. The molecule has 6 nitrogen and oxygen atoms in total. The predicted molar refractivity (Wildman–Crippen MR) is 127 cm³/mol. The maximum absolute atomic E-state index is 14.7. The molecule has 0 fully saturated rings. The Labute approximate surface area is 195 Å². The first kappa shape index (κ1) is 22.9. The Morgan fingerprint density at radius 1 is 1.12 bits per heavy atom. The molecule has 4 rings (SSSR count). The van der Waals surface area contributed by atoms with Crippen molar-refractivity contribution in [2.45, 2.75) is 17.7 Å². The van der Waals surface area contributed by atoms with Crippen LogP contribution in [0.2, 0.25) is 0 Å². The predicted octanol–water partition coefficient (Wildman–Crippen LogP) is 4.92. The average Bonchev–Trinajstić information content (AvgIpc) is 3.25. The number of pyridine rings is 1. The van der Waals surface area contributed by atoms with Crippen molar-refractivity contribution in [1.29, 1.82) is 0 Å². The van der Waals surface area contributed by atoms with Crippen molar-refractivity contribution in [3.05, 3.63) is 95.7 Å². The van der Waals surface area contributed by atoms with Gasteiger partial charge in [-0.3, -0.25) is 4.90 Å². The largest absolute Gasteiger partial charge is 0.347 e. The quantitative estimate of drug-likeness (QED) is 0.559. The first-order valence-electron chi connectivity index (χ1n) is 10.4. The number of carbonyl (C=O) groups is 1. The number of anilines is 1. The summed E-state index contributed by atoms with van der Waals surface area (Å²) in [6.07, 6.45) is 2.64. The third kappa shape index (κ3) is 4.46. The van der Waals surface area contributed by atoms with Crippen LogP contribution < -0.4 is 10.6 Å². The minimum atomic E-state index is -0.991. The number of benzene rings is 2. The van der Waals surface area contributed by atoms with Gasteiger partial charge >= 0.3 is 6.03 Å². The van der Waals surface area contributed by atoms with Gasteiger partial charge in [0.1, 0.15) is 27.4 Å². The van der Waals surface area contributed by atoms with E-state index < -0.39 is 22.5 Å². The number of hydrogen-bond donors (Lipinski definition) is 1. The first-order chi connectivity index (χ1) is 16.0. The van der Waals surface area contributed by atoms with Crippen LogP contribution in [-0.4, -0.2) is 34.7 Å². The summed E-state index contributed by atoms with van der Waals surface area (Å²) < 4.78 is 28.7. The number of aromatic nitrogens is 1. The van der Waals surface area contributed by atoms with Gasteiger partial charge in [0.25, 0.3) is 0 Å². The van der Waals surface area contributed by atoms with Crippen LogP contribution in [0.5, 0.6) is 0 Å². The minimum Gasteiger partial charge on any atom is -0.330 e. The molecule has 1 aliphatic rings. The molecule has 0 aliphatic carbocycles. The second kappa shape index (κ2) is 9.68. The lowest BCUT2D eigenvalue weighted by Crippen LogP contribution is -2.47. The summed E-state index contributed by atoms with van der Waals surface area (Å²) >= 11 is 1.22. The van der Waals surface area contributed by atoms with Crippen LogP contribution in [0.1, 0.15) is 24.0 Å². The normalized spacial score (nSPS) is 17.7. The van der Waals surface area contributed by atoms with Crippen molar-refractivity contribution in [2.75, 3.05) is 18.5 Å². The number of halogens is 2. The molecule has 1 atom stereocenters. The van der Waals surface area contributed by atoms with Crippen LogP contribution in [0.25, 0.3) is 0 Å². The fourth-order valence-corrected chi connectivity index (χ4v) is 5.09. The second-order valence-electron chi connectivity index (χ2n) is 7.52. The molecule has 9 heteroatoms. The monoisotopic (exact) mass is 467 g/mol. The van der Waals surface area contributed by atoms with E-state index in [2.05, 4.69) is 10.1 Å². The number of hydrogen-bond acceptors (Lipinski definition) is 5. The topological polar surface area (TPSA) is 74.8 Å². The molecular weight excluding hydrogens is 444 g/mol. The van der Waals surface area contributed by atoms with Crippen molar-refractivity contribution in [3.8, 4) is 0 Å². The Morgan fingerprint density at radius 2 is 1.88 bits per heavy atom. The summed E-state index contributed by atoms with van der Waals surface area (Å²) in [5.74, 6) is -0.762. The Hall–Kier alpha value is -3.30. The zero-order valence-corrected chi connectivity index (χ0v) is 18.8. The zero-order valence-electron chi connectivity index (χ0n) is 18.0. The Morgan fingerprint density at radius 3 is 2.58 bits per heavy atom. The highest BCUT2D eigenvalue weighted by Crippen LogP contribution is 2.51. The molecular formula is C24H23F2N5OS. The third-order valence-corrected chi connectivity index (χ3v) is 6.81. The lowest BCUT2D eigenvalue weighted by molar-refractivity contribution is 0.170. The highest BCUT2D eigenvalue weighted by Gasteiger charge is 2.49. The van der Waals surface area contributed by atoms with Crippen molar-refractivity contribution in [1.82, 2.24) is 9.99 Å². The summed E-state index contributed by atoms with van der Waals surface area (Å²) in [6.45, 7) is 0.400. The molecule has 2 aromatic carbocycles. The fraction of sp³-hybridized carbons (Fsp3) is 0.208. The van der Waals surface area contributed by atoms with E-state index in [0.29, 0.717) is 25.2 Å². The van der Waals surface area contributed by atoms with Crippen LogP contribution in [0.15, 0.2) is 78.0 Å². The number of hydrazone groups is 1. The lowest BCUT2D eigenvalue weighted by atomic mass is 10.0. The zero-order chi connectivity index (χ0) is 23.4. The van der Waals surface area contributed by atoms with E-state index in [0.717, 1.165) is 23.8 Å². The number of nitrogens with zero attached hydrogens (tertiary/aromatic N) is 4. The molecule has 0 saturated heterocycles. The Balaban J connectivity index is 1.84. The van der Waals surface area contributed by atoms with Crippen molar-refractivity contribution >= 4 is 28.7 Å². The van der Waals surface area contributed by atoms with Crippen molar-refractivity contribution < 1.29 is 13.6 Å². The van der Waals surface area contributed by atoms with Gasteiger partial charge in [0.2, 0.25) is 0 Å². The van der Waals surface area contributed by atoms with Crippen molar-refractivity contribution in [2.24, 2.45) is 10.8 Å². The Bertz CT molecular complexity index is 1160. The maximum Gasteiger partial charge on any atom is 0.347 e. The summed E-state index contributed by atoms with van der Waals surface area (Å²) in [6, 6.07) is 17.4. The van der Waals surface area contributed by atoms with E-state index in [-0.39, 0.29) is 10.6 Å². The molecule has 3 aromatic rings. The SMILES string of the molecule is CN(C(=O)N1N=C(c2cc(F)ccc2F)SC1(CCCN)c1ccccc1)c1ccccn1. The van der Waals surface area contributed by atoms with Crippen molar-refractivity contribution in [3.63, 3.8) is 0 Å². The van der Waals surface area contributed by atoms with Gasteiger partial charge in [-0.2, -0.15) is 10.1 Å². The van der Waals surface area contributed by atoms with Crippen LogP contribution in [-0.2, 0) is 4.87 Å². The van der Waals surface area contributed by atoms with Crippen LogP contribution in [0.3, 0.4) is 0 Å². The van der Waals surface area contributed by atoms with Gasteiger partial charge in [-0.05, 0) is 55.3 Å². The molecule has 33 heavy (non-hydrogen) atoms. The van der Waals surface area contributed by atoms with Gasteiger partial charge in [-0.25, -0.2) is 18.6 Å². The minimum absolute atomic E-state index is 0.00356. The first-order valence-corrected chi connectivity index (χ1v) is 11.3. The average molecular weight is 468 g/mol. The second-order valence-corrected chi connectivity index (χ2v) is 8.78. The number of rotatable bonds is 6. The van der Waals surface area contributed by atoms with E-state index >= 15 is 0 Å². The summed E-state index contributed by atoms with van der Waals surface area (Å²) in [4.78, 5) is 18.4. The smallest absolute Gasteiger partial charge is 0.330 e. The van der Waals surface area contributed by atoms with E-state index in [1.807, 2.05) is 30.3 Å². The van der Waals surface area contributed by atoms with Crippen LogP contribution >= 0.6 is 11.8 Å². The maximum atomic E-state index is 14.7. The molecule has 1 aromatic heterocycles. The van der Waals surface area contributed by atoms with Crippen LogP contribution in [0, 0.1) is 11.6 Å². The van der Waals surface area contributed by atoms with Gasteiger partial charge in [0.05, 0.1) is 0 Å². The number of thioether (sulfide) groups is 1. The molecule has 1 unspecified atom stereocenters. The van der Waals surface area contributed by atoms with Gasteiger partial charge in [-0.1, -0.05) is 48.2 Å².